The van der Waals surface area contributed by atoms with Gasteiger partial charge in [-0.15, -0.1) is 0 Å². The van der Waals surface area contributed by atoms with Crippen molar-refractivity contribution in [3.8, 4) is 0 Å². The minimum Gasteiger partial charge on any atom is -0.466 e. The molecule has 0 spiro atoms. The van der Waals surface area contributed by atoms with Crippen LogP contribution in [0.4, 0.5) is 0 Å². The van der Waals surface area contributed by atoms with Gasteiger partial charge >= 0.3 is 11.9 Å². The van der Waals surface area contributed by atoms with Crippen LogP contribution in [0.5, 0.6) is 0 Å². The second kappa shape index (κ2) is 11.3. The highest BCUT2D eigenvalue weighted by Gasteiger charge is 2.34. The number of carbonyl (C=O) groups excluding carboxylic acids is 4. The molecule has 0 radical (unpaired) electrons. The highest BCUT2D eigenvalue weighted by Crippen LogP contribution is 2.23. The van der Waals surface area contributed by atoms with Crippen LogP contribution >= 0.6 is 0 Å². The van der Waals surface area contributed by atoms with Crippen molar-refractivity contribution in [2.24, 2.45) is 11.8 Å². The molecule has 1 unspecified atom stereocenters. The minimum absolute atomic E-state index is 0.0188. The molecule has 2 saturated heterocycles. The largest absolute Gasteiger partial charge is 0.466 e. The fourth-order valence-corrected chi connectivity index (χ4v) is 4.48. The van der Waals surface area contributed by atoms with Crippen LogP contribution in [0.25, 0.3) is 0 Å². The standard InChI is InChI=1S/C25H34N2O6/c1-4-32-24(30)19-9-13-26(14-10-19)22(28)18(3)33-25(31)20-11-15-27(16-12-20)23(29)21-8-6-5-7-17(21)2/h5-8,18-20H,4,9-16H2,1-3H3. The molecule has 2 heterocycles. The molecule has 2 aliphatic rings. The van der Waals surface area contributed by atoms with E-state index >= 15 is 0 Å². The van der Waals surface area contributed by atoms with Crippen molar-refractivity contribution in [2.75, 3.05) is 32.8 Å². The maximum absolute atomic E-state index is 12.8. The monoisotopic (exact) mass is 458 g/mol. The number of likely N-dealkylation sites (tertiary alicyclic amines) is 2. The van der Waals surface area contributed by atoms with Crippen LogP contribution in [0.3, 0.4) is 0 Å². The van der Waals surface area contributed by atoms with E-state index in [4.69, 9.17) is 9.47 Å². The molecule has 1 aromatic carbocycles. The smallest absolute Gasteiger partial charge is 0.309 e. The quantitative estimate of drug-likeness (QED) is 0.609. The summed E-state index contributed by atoms with van der Waals surface area (Å²) in [5.41, 5.74) is 1.62. The lowest BCUT2D eigenvalue weighted by atomic mass is 9.95. The number of amides is 2. The van der Waals surface area contributed by atoms with Gasteiger partial charge in [-0.05, 0) is 58.1 Å². The molecule has 0 bridgehead atoms. The Morgan fingerprint density at radius 1 is 0.909 bits per heavy atom. The van der Waals surface area contributed by atoms with E-state index in [9.17, 15) is 19.2 Å². The first-order valence-corrected chi connectivity index (χ1v) is 11.8. The van der Waals surface area contributed by atoms with Gasteiger partial charge in [-0.2, -0.15) is 0 Å². The van der Waals surface area contributed by atoms with E-state index in [0.717, 1.165) is 5.56 Å². The summed E-state index contributed by atoms with van der Waals surface area (Å²) in [5, 5.41) is 0. The van der Waals surface area contributed by atoms with Gasteiger partial charge in [-0.3, -0.25) is 19.2 Å². The van der Waals surface area contributed by atoms with E-state index in [2.05, 4.69) is 0 Å². The van der Waals surface area contributed by atoms with Crippen LogP contribution < -0.4 is 0 Å². The van der Waals surface area contributed by atoms with Gasteiger partial charge in [-0.25, -0.2) is 0 Å². The highest BCUT2D eigenvalue weighted by atomic mass is 16.5. The molecule has 3 rings (SSSR count). The summed E-state index contributed by atoms with van der Waals surface area (Å²) in [4.78, 5) is 53.4. The van der Waals surface area contributed by atoms with E-state index in [1.807, 2.05) is 31.2 Å². The highest BCUT2D eigenvalue weighted by molar-refractivity contribution is 5.95. The molecule has 2 fully saturated rings. The SMILES string of the molecule is CCOC(=O)C1CCN(C(=O)C(C)OC(=O)C2CCN(C(=O)c3ccccc3C)CC2)CC1. The molecule has 2 amide bonds. The molecule has 0 aromatic heterocycles. The maximum Gasteiger partial charge on any atom is 0.309 e. The van der Waals surface area contributed by atoms with Gasteiger partial charge in [0.2, 0.25) is 0 Å². The van der Waals surface area contributed by atoms with E-state index in [1.165, 1.54) is 0 Å². The molecule has 33 heavy (non-hydrogen) atoms. The molecule has 180 valence electrons. The summed E-state index contributed by atoms with van der Waals surface area (Å²) in [6.07, 6.45) is 1.27. The van der Waals surface area contributed by atoms with E-state index in [-0.39, 0.29) is 35.6 Å². The number of hydrogen-bond acceptors (Lipinski definition) is 6. The van der Waals surface area contributed by atoms with Crippen LogP contribution in [0.2, 0.25) is 0 Å². The molecule has 2 aliphatic heterocycles. The van der Waals surface area contributed by atoms with Crippen molar-refractivity contribution in [1.29, 1.82) is 0 Å². The van der Waals surface area contributed by atoms with E-state index in [1.54, 1.807) is 23.6 Å². The average molecular weight is 459 g/mol. The Morgan fingerprint density at radius 2 is 1.45 bits per heavy atom. The molecule has 0 aliphatic carbocycles. The third-order valence-electron chi connectivity index (χ3n) is 6.56. The number of aryl methyl sites for hydroxylation is 1. The average Bonchev–Trinajstić information content (AvgIpc) is 2.83. The number of rotatable bonds is 6. The molecule has 1 atom stereocenters. The predicted molar refractivity (Wildman–Crippen MR) is 121 cm³/mol. The zero-order chi connectivity index (χ0) is 24.0. The van der Waals surface area contributed by atoms with Gasteiger partial charge in [0.05, 0.1) is 18.4 Å². The predicted octanol–water partition coefficient (Wildman–Crippen LogP) is 2.58. The second-order valence-electron chi connectivity index (χ2n) is 8.81. The molecule has 8 nitrogen and oxygen atoms in total. The van der Waals surface area contributed by atoms with Gasteiger partial charge in [0.1, 0.15) is 0 Å². The second-order valence-corrected chi connectivity index (χ2v) is 8.81. The Balaban J connectivity index is 1.44. The lowest BCUT2D eigenvalue weighted by Gasteiger charge is -2.34. The zero-order valence-corrected chi connectivity index (χ0v) is 19.7. The molecule has 0 N–H and O–H groups in total. The van der Waals surface area contributed by atoms with Crippen molar-refractivity contribution in [3.63, 3.8) is 0 Å². The number of hydrogen-bond donors (Lipinski definition) is 0. The van der Waals surface area contributed by atoms with E-state index in [0.29, 0.717) is 64.0 Å². The van der Waals surface area contributed by atoms with Crippen LogP contribution in [-0.4, -0.2) is 72.4 Å². The Kier molecular flexibility index (Phi) is 8.47. The van der Waals surface area contributed by atoms with Gasteiger partial charge in [0.15, 0.2) is 6.10 Å². The van der Waals surface area contributed by atoms with Crippen molar-refractivity contribution in [3.05, 3.63) is 35.4 Å². The van der Waals surface area contributed by atoms with Gasteiger partial charge in [0, 0.05) is 31.7 Å². The minimum atomic E-state index is -0.872. The lowest BCUT2D eigenvalue weighted by Crippen LogP contribution is -2.46. The maximum atomic E-state index is 12.8. The van der Waals surface area contributed by atoms with Crippen LogP contribution in [0.1, 0.15) is 55.5 Å². The number of nitrogens with zero attached hydrogens (tertiary/aromatic N) is 2. The summed E-state index contributed by atoms with van der Waals surface area (Å²) in [6, 6.07) is 7.48. The third-order valence-corrected chi connectivity index (χ3v) is 6.56. The first kappa shape index (κ1) is 24.7. The van der Waals surface area contributed by atoms with Gasteiger partial charge in [-0.1, -0.05) is 18.2 Å². The molecule has 1 aromatic rings. The number of carbonyl (C=O) groups is 4. The first-order chi connectivity index (χ1) is 15.8. The molecule has 0 saturated carbocycles. The number of esters is 2. The Hall–Kier alpha value is -2.90. The van der Waals surface area contributed by atoms with Crippen molar-refractivity contribution in [2.45, 2.75) is 52.6 Å². The summed E-state index contributed by atoms with van der Waals surface area (Å²) in [7, 11) is 0. The Labute approximate surface area is 195 Å². The molecular formula is C25H34N2O6. The lowest BCUT2D eigenvalue weighted by molar-refractivity contribution is -0.164. The summed E-state index contributed by atoms with van der Waals surface area (Å²) in [5.74, 6) is -1.36. The summed E-state index contributed by atoms with van der Waals surface area (Å²) >= 11 is 0. The topological polar surface area (TPSA) is 93.2 Å². The number of ether oxygens (including phenoxy) is 2. The van der Waals surface area contributed by atoms with Crippen LogP contribution in [0, 0.1) is 18.8 Å². The summed E-state index contributed by atoms with van der Waals surface area (Å²) in [6.45, 7) is 7.49. The van der Waals surface area contributed by atoms with Crippen molar-refractivity contribution < 1.29 is 28.7 Å². The zero-order valence-electron chi connectivity index (χ0n) is 19.7. The third kappa shape index (κ3) is 6.12. The van der Waals surface area contributed by atoms with E-state index < -0.39 is 6.10 Å². The molecular weight excluding hydrogens is 424 g/mol. The fourth-order valence-electron chi connectivity index (χ4n) is 4.48. The Bertz CT molecular complexity index is 869. The summed E-state index contributed by atoms with van der Waals surface area (Å²) < 4.78 is 10.6. The van der Waals surface area contributed by atoms with Crippen LogP contribution in [0.15, 0.2) is 24.3 Å². The number of benzene rings is 1. The van der Waals surface area contributed by atoms with Crippen molar-refractivity contribution in [1.82, 2.24) is 9.80 Å². The number of piperidine rings is 2. The van der Waals surface area contributed by atoms with Crippen molar-refractivity contribution >= 4 is 23.8 Å². The van der Waals surface area contributed by atoms with Gasteiger partial charge in [0.25, 0.3) is 11.8 Å². The normalized spacial score (nSPS) is 18.5. The molecule has 8 heteroatoms. The first-order valence-electron chi connectivity index (χ1n) is 11.8. The fraction of sp³-hybridized carbons (Fsp3) is 0.600. The van der Waals surface area contributed by atoms with Crippen LogP contribution in [-0.2, 0) is 23.9 Å². The Morgan fingerprint density at radius 3 is 2.03 bits per heavy atom. The van der Waals surface area contributed by atoms with Gasteiger partial charge < -0.3 is 19.3 Å².